The largest absolute Gasteiger partial charge is 0.417 e. The molecule has 0 aliphatic heterocycles. The van der Waals surface area contributed by atoms with E-state index in [1.54, 1.807) is 0 Å². The molecule has 0 aromatic rings. The molecule has 0 bridgehead atoms. The lowest BCUT2D eigenvalue weighted by Crippen LogP contribution is -2.70. The van der Waals surface area contributed by atoms with Crippen molar-refractivity contribution in [3.8, 4) is 0 Å². The fourth-order valence-electron chi connectivity index (χ4n) is 12.3. The van der Waals surface area contributed by atoms with Gasteiger partial charge in [0.15, 0.2) is 8.32 Å². The minimum absolute atomic E-state index is 0.0453. The Labute approximate surface area is 255 Å². The van der Waals surface area contributed by atoms with Crippen LogP contribution in [-0.2, 0) is 4.43 Å². The van der Waals surface area contributed by atoms with Gasteiger partial charge in [0.25, 0.3) is 0 Å². The van der Waals surface area contributed by atoms with Crippen LogP contribution in [0.1, 0.15) is 140 Å². The van der Waals surface area contributed by atoms with E-state index in [1.807, 2.05) is 0 Å². The third-order valence-electron chi connectivity index (χ3n) is 16.3. The van der Waals surface area contributed by atoms with Crippen molar-refractivity contribution < 1.29 is 14.6 Å². The molecule has 0 saturated heterocycles. The molecule has 5 aliphatic carbocycles. The van der Waals surface area contributed by atoms with Gasteiger partial charge in [-0.1, -0.05) is 69.2 Å². The van der Waals surface area contributed by atoms with Crippen LogP contribution in [0.15, 0.2) is 0 Å². The predicted molar refractivity (Wildman–Crippen MR) is 174 cm³/mol. The van der Waals surface area contributed by atoms with Crippen LogP contribution in [0.25, 0.3) is 0 Å². The highest BCUT2D eigenvalue weighted by molar-refractivity contribution is 6.74. The zero-order valence-electron chi connectivity index (χ0n) is 29.3. The summed E-state index contributed by atoms with van der Waals surface area (Å²) in [5, 5.41) is 23.7. The molecule has 0 aromatic heterocycles. The Bertz CT molecular complexity index is 997. The van der Waals surface area contributed by atoms with Crippen molar-refractivity contribution in [3.05, 3.63) is 0 Å². The second kappa shape index (κ2) is 9.80. The first-order valence-corrected chi connectivity index (χ1v) is 20.5. The summed E-state index contributed by atoms with van der Waals surface area (Å²) < 4.78 is 6.84. The Balaban J connectivity index is 1.48. The van der Waals surface area contributed by atoms with E-state index < -0.39 is 8.32 Å². The molecule has 2 N–H and O–H groups in total. The van der Waals surface area contributed by atoms with E-state index in [4.69, 9.17) is 4.43 Å². The Kier molecular flexibility index (Phi) is 7.76. The molecule has 0 radical (unpaired) electrons. The van der Waals surface area contributed by atoms with E-state index in [9.17, 15) is 10.2 Å². The molecule has 0 unspecified atom stereocenters. The van der Waals surface area contributed by atoms with E-state index in [0.717, 1.165) is 25.9 Å². The standard InChI is InChI=1S/C37H68O3Si/c1-31(2,3)41(11,12)40-22-21-37-19-17-32(4,5)24-25(37)30-26(38)23-28-34(8)15-14-29(39)33(6,7)27(34)13-16-35(28,9)36(30,10)18-20-37/h25-30,38-39H,13-24H2,1-12H3/t25-,26+,27-,28+,29-,30-,34-,35+,36+,37+/m0/s1. The van der Waals surface area contributed by atoms with Crippen LogP contribution in [-0.4, -0.2) is 37.3 Å². The molecule has 5 fully saturated rings. The Hall–Kier alpha value is 0.0969. The first kappa shape index (κ1) is 32.5. The number of hydrogen-bond acceptors (Lipinski definition) is 3. The van der Waals surface area contributed by atoms with Gasteiger partial charge in [-0.3, -0.25) is 0 Å². The Morgan fingerprint density at radius 1 is 0.780 bits per heavy atom. The van der Waals surface area contributed by atoms with Crippen LogP contribution in [0.5, 0.6) is 0 Å². The maximum Gasteiger partial charge on any atom is 0.191 e. The van der Waals surface area contributed by atoms with E-state index in [1.165, 1.54) is 51.4 Å². The van der Waals surface area contributed by atoms with Gasteiger partial charge in [0.1, 0.15) is 0 Å². The molecule has 3 nitrogen and oxygen atoms in total. The third kappa shape index (κ3) is 4.72. The van der Waals surface area contributed by atoms with Crippen LogP contribution in [0.4, 0.5) is 0 Å². The molecule has 0 spiro atoms. The van der Waals surface area contributed by atoms with Gasteiger partial charge in [-0.2, -0.15) is 0 Å². The van der Waals surface area contributed by atoms with E-state index in [2.05, 4.69) is 82.3 Å². The zero-order valence-corrected chi connectivity index (χ0v) is 30.3. The van der Waals surface area contributed by atoms with E-state index in [-0.39, 0.29) is 38.9 Å². The molecule has 5 rings (SSSR count). The van der Waals surface area contributed by atoms with Gasteiger partial charge < -0.3 is 14.6 Å². The maximum absolute atomic E-state index is 12.4. The zero-order chi connectivity index (χ0) is 30.7. The van der Waals surface area contributed by atoms with Crippen molar-refractivity contribution in [1.29, 1.82) is 0 Å². The number of rotatable bonds is 4. The summed E-state index contributed by atoms with van der Waals surface area (Å²) in [5.74, 6) is 2.03. The summed E-state index contributed by atoms with van der Waals surface area (Å²) in [4.78, 5) is 0. The number of hydrogen-bond donors (Lipinski definition) is 2. The molecule has 10 atom stereocenters. The summed E-state index contributed by atoms with van der Waals surface area (Å²) in [6.45, 7) is 30.3. The Morgan fingerprint density at radius 3 is 2.05 bits per heavy atom. The summed E-state index contributed by atoms with van der Waals surface area (Å²) in [6, 6.07) is 0. The van der Waals surface area contributed by atoms with Crippen molar-refractivity contribution in [1.82, 2.24) is 0 Å². The lowest BCUT2D eigenvalue weighted by atomic mass is 9.31. The SMILES string of the molecule is CC1(C)CC[C@]2(CCO[Si](C)(C)C(C)(C)C)CC[C@]3(C)[C@H]([C@H](O)C[C@@H]4[C@@]5(C)CC[C@H](O)C(C)(C)[C@@H]5CC[C@]43C)[C@@H]2C1. The van der Waals surface area contributed by atoms with Crippen molar-refractivity contribution in [2.24, 2.45) is 56.2 Å². The smallest absolute Gasteiger partial charge is 0.191 e. The summed E-state index contributed by atoms with van der Waals surface area (Å²) in [7, 11) is -1.78. The normalized spacial score (nSPS) is 49.3. The van der Waals surface area contributed by atoms with Gasteiger partial charge in [0, 0.05) is 6.61 Å². The summed E-state index contributed by atoms with van der Waals surface area (Å²) in [5.41, 5.74) is 1.21. The Morgan fingerprint density at radius 2 is 1.41 bits per heavy atom. The second-order valence-corrected chi connectivity index (χ2v) is 24.7. The first-order valence-electron chi connectivity index (χ1n) is 17.6. The molecule has 0 amide bonds. The molecule has 4 heteroatoms. The highest BCUT2D eigenvalue weighted by Gasteiger charge is 2.71. The molecule has 0 aromatic carbocycles. The minimum Gasteiger partial charge on any atom is -0.417 e. The van der Waals surface area contributed by atoms with Gasteiger partial charge in [-0.25, -0.2) is 0 Å². The monoisotopic (exact) mass is 588 g/mol. The minimum atomic E-state index is -1.78. The van der Waals surface area contributed by atoms with Crippen LogP contribution in [0.3, 0.4) is 0 Å². The molecule has 5 saturated carbocycles. The number of fused-ring (bicyclic) bond motifs is 7. The lowest BCUT2D eigenvalue weighted by molar-refractivity contribution is -0.279. The van der Waals surface area contributed by atoms with Crippen LogP contribution < -0.4 is 0 Å². The van der Waals surface area contributed by atoms with Gasteiger partial charge in [0.05, 0.1) is 12.2 Å². The molecular formula is C37H68O3Si. The number of aliphatic hydroxyl groups excluding tert-OH is 2. The number of aliphatic hydroxyl groups is 2. The maximum atomic E-state index is 12.4. The molecule has 5 aliphatic rings. The van der Waals surface area contributed by atoms with Gasteiger partial charge >= 0.3 is 0 Å². The molecule has 41 heavy (non-hydrogen) atoms. The van der Waals surface area contributed by atoms with Crippen molar-refractivity contribution >= 4 is 8.32 Å². The second-order valence-electron chi connectivity index (χ2n) is 19.9. The van der Waals surface area contributed by atoms with Crippen LogP contribution in [0.2, 0.25) is 18.1 Å². The summed E-state index contributed by atoms with van der Waals surface area (Å²) >= 11 is 0. The molecule has 0 heterocycles. The summed E-state index contributed by atoms with van der Waals surface area (Å²) in [6.07, 6.45) is 12.7. The first-order chi connectivity index (χ1) is 18.6. The highest BCUT2D eigenvalue weighted by atomic mass is 28.4. The van der Waals surface area contributed by atoms with Crippen LogP contribution in [0, 0.1) is 56.2 Å². The van der Waals surface area contributed by atoms with Crippen molar-refractivity contribution in [2.75, 3.05) is 6.61 Å². The highest BCUT2D eigenvalue weighted by Crippen LogP contribution is 2.77. The van der Waals surface area contributed by atoms with E-state index in [0.29, 0.717) is 34.5 Å². The van der Waals surface area contributed by atoms with Gasteiger partial charge in [-0.15, -0.1) is 0 Å². The third-order valence-corrected chi connectivity index (χ3v) is 20.8. The quantitative estimate of drug-likeness (QED) is 0.321. The van der Waals surface area contributed by atoms with Crippen molar-refractivity contribution in [3.63, 3.8) is 0 Å². The average Bonchev–Trinajstić information content (AvgIpc) is 2.83. The lowest BCUT2D eigenvalue weighted by Gasteiger charge is -2.74. The molecular weight excluding hydrogens is 520 g/mol. The topological polar surface area (TPSA) is 49.7 Å². The average molecular weight is 589 g/mol. The molecule has 238 valence electrons. The predicted octanol–water partition coefficient (Wildman–Crippen LogP) is 9.61. The van der Waals surface area contributed by atoms with Crippen LogP contribution >= 0.6 is 0 Å². The fourth-order valence-corrected chi connectivity index (χ4v) is 13.3. The fraction of sp³-hybridized carbons (Fsp3) is 1.00. The van der Waals surface area contributed by atoms with Gasteiger partial charge in [0.2, 0.25) is 0 Å². The van der Waals surface area contributed by atoms with Gasteiger partial charge in [-0.05, 0) is 145 Å². The van der Waals surface area contributed by atoms with Crippen molar-refractivity contribution in [2.45, 2.75) is 170 Å². The van der Waals surface area contributed by atoms with E-state index >= 15 is 0 Å².